The standard InChI is InChI=1S/C9H14F2OSSi/c1-14(2,3)9(10,11)8(12)7-5-4-6-13-7/h4-6,8,12H,1-3H3. The summed E-state index contributed by atoms with van der Waals surface area (Å²) in [7, 11) is -2.68. The van der Waals surface area contributed by atoms with Gasteiger partial charge in [0.05, 0.1) is 0 Å². The molecule has 80 valence electrons. The van der Waals surface area contributed by atoms with Crippen molar-refractivity contribution in [1.82, 2.24) is 0 Å². The summed E-state index contributed by atoms with van der Waals surface area (Å²) in [6.45, 7) is 4.68. The largest absolute Gasteiger partial charge is 0.382 e. The van der Waals surface area contributed by atoms with Gasteiger partial charge in [-0.3, -0.25) is 0 Å². The van der Waals surface area contributed by atoms with Gasteiger partial charge in [-0.2, -0.15) is 0 Å². The van der Waals surface area contributed by atoms with Crippen LogP contribution in [0.1, 0.15) is 11.0 Å². The minimum atomic E-state index is -2.97. The summed E-state index contributed by atoms with van der Waals surface area (Å²) in [5.41, 5.74) is -2.97. The second-order valence-electron chi connectivity index (χ2n) is 4.29. The topological polar surface area (TPSA) is 20.2 Å². The Balaban J connectivity index is 2.94. The van der Waals surface area contributed by atoms with Gasteiger partial charge >= 0.3 is 0 Å². The third-order valence-corrected chi connectivity index (χ3v) is 5.35. The molecule has 1 unspecified atom stereocenters. The van der Waals surface area contributed by atoms with E-state index < -0.39 is 19.7 Å². The lowest BCUT2D eigenvalue weighted by Gasteiger charge is -2.32. The quantitative estimate of drug-likeness (QED) is 0.798. The van der Waals surface area contributed by atoms with Crippen molar-refractivity contribution in [2.75, 3.05) is 0 Å². The zero-order valence-corrected chi connectivity index (χ0v) is 10.2. The Morgan fingerprint density at radius 3 is 2.36 bits per heavy atom. The van der Waals surface area contributed by atoms with Gasteiger partial charge in [-0.05, 0) is 11.4 Å². The Morgan fingerprint density at radius 1 is 1.43 bits per heavy atom. The lowest BCUT2D eigenvalue weighted by molar-refractivity contribution is -0.0505. The van der Waals surface area contributed by atoms with E-state index in [0.29, 0.717) is 4.88 Å². The Kier molecular flexibility index (Phi) is 3.13. The molecule has 14 heavy (non-hydrogen) atoms. The second kappa shape index (κ2) is 3.71. The van der Waals surface area contributed by atoms with Crippen molar-refractivity contribution >= 4 is 19.4 Å². The molecule has 0 aliphatic carbocycles. The molecule has 1 atom stereocenters. The first kappa shape index (κ1) is 11.8. The molecule has 1 nitrogen and oxygen atoms in total. The molecule has 0 aliphatic heterocycles. The van der Waals surface area contributed by atoms with Crippen molar-refractivity contribution in [3.63, 3.8) is 0 Å². The predicted octanol–water partition coefficient (Wildman–Crippen LogP) is 3.29. The van der Waals surface area contributed by atoms with Gasteiger partial charge in [0.15, 0.2) is 0 Å². The zero-order valence-electron chi connectivity index (χ0n) is 8.42. The number of halogens is 2. The fourth-order valence-electron chi connectivity index (χ4n) is 1.04. The summed E-state index contributed by atoms with van der Waals surface area (Å²) in [6, 6.07) is 3.22. The lowest BCUT2D eigenvalue weighted by Crippen LogP contribution is -2.49. The average Bonchev–Trinajstić information content (AvgIpc) is 2.52. The van der Waals surface area contributed by atoms with E-state index in [2.05, 4.69) is 0 Å². The highest BCUT2D eigenvalue weighted by molar-refractivity contribution is 7.10. The van der Waals surface area contributed by atoms with Crippen LogP contribution < -0.4 is 0 Å². The van der Waals surface area contributed by atoms with Gasteiger partial charge in [0, 0.05) is 4.88 Å². The molecule has 0 amide bonds. The van der Waals surface area contributed by atoms with Crippen molar-refractivity contribution in [3.05, 3.63) is 22.4 Å². The summed E-state index contributed by atoms with van der Waals surface area (Å²) < 4.78 is 27.4. The van der Waals surface area contributed by atoms with E-state index in [-0.39, 0.29) is 0 Å². The summed E-state index contributed by atoms with van der Waals surface area (Å²) in [5, 5.41) is 11.3. The van der Waals surface area contributed by atoms with Crippen LogP contribution in [-0.4, -0.2) is 18.7 Å². The molecule has 0 fully saturated rings. The molecule has 0 bridgehead atoms. The maximum atomic E-state index is 13.7. The van der Waals surface area contributed by atoms with Gasteiger partial charge in [-0.1, -0.05) is 25.7 Å². The molecule has 1 N–H and O–H groups in total. The first-order chi connectivity index (χ1) is 6.27. The third-order valence-electron chi connectivity index (χ3n) is 2.16. The van der Waals surface area contributed by atoms with Crippen LogP contribution in [-0.2, 0) is 0 Å². The number of alkyl halides is 2. The maximum absolute atomic E-state index is 13.7. The summed E-state index contributed by atoms with van der Waals surface area (Å²) in [5.74, 6) is 0. The van der Waals surface area contributed by atoms with E-state index in [4.69, 9.17) is 0 Å². The monoisotopic (exact) mass is 236 g/mol. The molecule has 1 aromatic heterocycles. The molecule has 5 heteroatoms. The van der Waals surface area contributed by atoms with E-state index in [1.807, 2.05) is 0 Å². The molecule has 0 aromatic carbocycles. The molecule has 0 spiro atoms. The van der Waals surface area contributed by atoms with Crippen LogP contribution in [0.5, 0.6) is 0 Å². The normalized spacial score (nSPS) is 15.6. The number of hydrogen-bond acceptors (Lipinski definition) is 2. The van der Waals surface area contributed by atoms with Crippen LogP contribution in [0.3, 0.4) is 0 Å². The molecule has 0 aliphatic rings. The zero-order chi connectivity index (χ0) is 11.0. The molecule has 0 saturated carbocycles. The smallest absolute Gasteiger partial charge is 0.258 e. The van der Waals surface area contributed by atoms with Crippen molar-refractivity contribution in [2.24, 2.45) is 0 Å². The Labute approximate surface area is 87.4 Å². The molecule has 1 heterocycles. The number of aliphatic hydroxyl groups excluding tert-OH is 1. The van der Waals surface area contributed by atoms with E-state index in [0.717, 1.165) is 0 Å². The third kappa shape index (κ3) is 2.04. The summed E-state index contributed by atoms with van der Waals surface area (Å²) in [4.78, 5) is 0.345. The minimum absolute atomic E-state index is 0.345. The van der Waals surface area contributed by atoms with E-state index >= 15 is 0 Å². The first-order valence-electron chi connectivity index (χ1n) is 4.36. The molecular formula is C9H14F2OSSi. The highest BCUT2D eigenvalue weighted by Gasteiger charge is 2.51. The number of rotatable bonds is 3. The maximum Gasteiger partial charge on any atom is 0.258 e. The minimum Gasteiger partial charge on any atom is -0.382 e. The molecule has 1 aromatic rings. The van der Waals surface area contributed by atoms with Crippen molar-refractivity contribution in [3.8, 4) is 0 Å². The Hall–Kier alpha value is -0.263. The van der Waals surface area contributed by atoms with Gasteiger partial charge in [0.25, 0.3) is 5.55 Å². The van der Waals surface area contributed by atoms with Crippen molar-refractivity contribution < 1.29 is 13.9 Å². The van der Waals surface area contributed by atoms with Crippen LogP contribution in [0.15, 0.2) is 17.5 Å². The second-order valence-corrected chi connectivity index (χ2v) is 10.4. The Morgan fingerprint density at radius 2 is 2.00 bits per heavy atom. The first-order valence-corrected chi connectivity index (χ1v) is 8.74. The van der Waals surface area contributed by atoms with Crippen LogP contribution in [0.4, 0.5) is 8.78 Å². The molecular weight excluding hydrogens is 222 g/mol. The SMILES string of the molecule is C[Si](C)(C)C(F)(F)C(O)c1cccs1. The van der Waals surface area contributed by atoms with Crippen LogP contribution in [0.2, 0.25) is 19.6 Å². The predicted molar refractivity (Wildman–Crippen MR) is 57.6 cm³/mol. The van der Waals surface area contributed by atoms with Crippen LogP contribution in [0.25, 0.3) is 0 Å². The van der Waals surface area contributed by atoms with Gasteiger partial charge in [0.2, 0.25) is 0 Å². The number of thiophene rings is 1. The summed E-state index contributed by atoms with van der Waals surface area (Å²) in [6.07, 6.45) is -1.64. The van der Waals surface area contributed by atoms with Gasteiger partial charge in [0.1, 0.15) is 14.2 Å². The van der Waals surface area contributed by atoms with Crippen molar-refractivity contribution in [1.29, 1.82) is 0 Å². The molecule has 0 saturated heterocycles. The Bertz CT molecular complexity index is 292. The van der Waals surface area contributed by atoms with Gasteiger partial charge < -0.3 is 5.11 Å². The summed E-state index contributed by atoms with van der Waals surface area (Å²) >= 11 is 1.17. The highest BCUT2D eigenvalue weighted by Crippen LogP contribution is 2.40. The lowest BCUT2D eigenvalue weighted by atomic mass is 10.3. The van der Waals surface area contributed by atoms with E-state index in [1.54, 1.807) is 37.2 Å². The average molecular weight is 236 g/mol. The van der Waals surface area contributed by atoms with Crippen molar-refractivity contribution in [2.45, 2.75) is 31.3 Å². The number of aliphatic hydroxyl groups is 1. The van der Waals surface area contributed by atoms with Gasteiger partial charge in [-0.15, -0.1) is 11.3 Å². The van der Waals surface area contributed by atoms with Crippen LogP contribution >= 0.6 is 11.3 Å². The van der Waals surface area contributed by atoms with E-state index in [9.17, 15) is 13.9 Å². The fraction of sp³-hybridized carbons (Fsp3) is 0.556. The fourth-order valence-corrected chi connectivity index (χ4v) is 2.86. The highest BCUT2D eigenvalue weighted by atomic mass is 32.1. The van der Waals surface area contributed by atoms with Gasteiger partial charge in [-0.25, -0.2) is 8.78 Å². The van der Waals surface area contributed by atoms with Crippen LogP contribution in [0, 0.1) is 0 Å². The molecule has 0 radical (unpaired) electrons. The molecule has 1 rings (SSSR count). The number of hydrogen-bond donors (Lipinski definition) is 1. The van der Waals surface area contributed by atoms with E-state index in [1.165, 1.54) is 11.3 Å².